The van der Waals surface area contributed by atoms with Crippen LogP contribution in [0.15, 0.2) is 18.2 Å². The average molecular weight is 267 g/mol. The molecule has 0 aromatic heterocycles. The monoisotopic (exact) mass is 266 g/mol. The summed E-state index contributed by atoms with van der Waals surface area (Å²) in [6, 6.07) is 6.18. The summed E-state index contributed by atoms with van der Waals surface area (Å²) in [4.78, 5) is 2.43. The molecular weight excluding hydrogens is 248 g/mol. The van der Waals surface area contributed by atoms with Crippen LogP contribution in [0.3, 0.4) is 0 Å². The van der Waals surface area contributed by atoms with Crippen molar-refractivity contribution in [3.8, 4) is 0 Å². The molecule has 1 unspecified atom stereocenters. The van der Waals surface area contributed by atoms with E-state index in [9.17, 15) is 0 Å². The lowest BCUT2D eigenvalue weighted by Gasteiger charge is -2.30. The van der Waals surface area contributed by atoms with Crippen molar-refractivity contribution < 1.29 is 4.74 Å². The Kier molecular flexibility index (Phi) is 3.73. The fourth-order valence-electron chi connectivity index (χ4n) is 2.83. The predicted octanol–water partition coefficient (Wildman–Crippen LogP) is 2.60. The minimum absolute atomic E-state index is 0.0862. The normalized spacial score (nSPS) is 24.5. The number of benzene rings is 1. The molecule has 18 heavy (non-hydrogen) atoms. The van der Waals surface area contributed by atoms with Crippen LogP contribution in [0.1, 0.15) is 24.5 Å². The number of morpholine rings is 1. The number of nitrogens with one attached hydrogen (secondary N) is 1. The van der Waals surface area contributed by atoms with Crippen LogP contribution in [-0.4, -0.2) is 32.8 Å². The van der Waals surface area contributed by atoms with Gasteiger partial charge in [-0.25, -0.2) is 0 Å². The van der Waals surface area contributed by atoms with Crippen LogP contribution in [0, 0.1) is 0 Å². The number of anilines is 1. The van der Waals surface area contributed by atoms with Gasteiger partial charge in [0.2, 0.25) is 0 Å². The zero-order valence-electron chi connectivity index (χ0n) is 10.5. The van der Waals surface area contributed by atoms with E-state index in [0.717, 1.165) is 43.4 Å². The lowest BCUT2D eigenvalue weighted by molar-refractivity contribution is 0.0280. The van der Waals surface area contributed by atoms with Gasteiger partial charge in [-0.1, -0.05) is 17.7 Å². The molecule has 3 rings (SSSR count). The van der Waals surface area contributed by atoms with Crippen molar-refractivity contribution in [2.75, 3.05) is 37.7 Å². The summed E-state index contributed by atoms with van der Waals surface area (Å²) in [6.45, 7) is 4.81. The molecule has 4 heteroatoms. The number of rotatable bonds is 2. The van der Waals surface area contributed by atoms with E-state index in [1.807, 2.05) is 12.1 Å². The van der Waals surface area contributed by atoms with E-state index < -0.39 is 0 Å². The Bertz CT molecular complexity index is 412. The van der Waals surface area contributed by atoms with E-state index in [-0.39, 0.29) is 6.10 Å². The quantitative estimate of drug-likeness (QED) is 0.891. The molecule has 0 aliphatic carbocycles. The molecular formula is C14H19ClN2O. The second-order valence-corrected chi connectivity index (χ2v) is 5.34. The lowest BCUT2D eigenvalue weighted by atomic mass is 10.0. The van der Waals surface area contributed by atoms with Crippen molar-refractivity contribution >= 4 is 17.3 Å². The van der Waals surface area contributed by atoms with Gasteiger partial charge in [-0.3, -0.25) is 0 Å². The van der Waals surface area contributed by atoms with Gasteiger partial charge in [0.15, 0.2) is 0 Å². The Morgan fingerprint density at radius 3 is 2.83 bits per heavy atom. The van der Waals surface area contributed by atoms with Gasteiger partial charge >= 0.3 is 0 Å². The molecule has 98 valence electrons. The highest BCUT2D eigenvalue weighted by molar-refractivity contribution is 6.31. The van der Waals surface area contributed by atoms with Crippen molar-refractivity contribution in [2.24, 2.45) is 0 Å². The van der Waals surface area contributed by atoms with Crippen molar-refractivity contribution in [3.63, 3.8) is 0 Å². The number of halogens is 1. The van der Waals surface area contributed by atoms with Crippen LogP contribution >= 0.6 is 11.6 Å². The van der Waals surface area contributed by atoms with E-state index in [0.29, 0.717) is 0 Å². The zero-order valence-corrected chi connectivity index (χ0v) is 11.2. The Balaban J connectivity index is 1.94. The van der Waals surface area contributed by atoms with Crippen LogP contribution in [0.2, 0.25) is 5.02 Å². The Hall–Kier alpha value is -0.770. The van der Waals surface area contributed by atoms with E-state index in [4.69, 9.17) is 16.3 Å². The maximum Gasteiger partial charge on any atom is 0.0984 e. The molecule has 2 heterocycles. The smallest absolute Gasteiger partial charge is 0.0984 e. The third-order valence-corrected chi connectivity index (χ3v) is 4.06. The van der Waals surface area contributed by atoms with Gasteiger partial charge < -0.3 is 15.0 Å². The Labute approximate surface area is 113 Å². The Morgan fingerprint density at radius 1 is 1.28 bits per heavy atom. The average Bonchev–Trinajstić information content (AvgIpc) is 2.93. The standard InChI is InChI=1S/C14H19ClN2O/c15-11-4-3-5-12(17-7-1-2-8-17)14(11)13-10-16-6-9-18-13/h3-5,13,16H,1-2,6-10H2. The largest absolute Gasteiger partial charge is 0.371 e. The summed E-state index contributed by atoms with van der Waals surface area (Å²) in [5.74, 6) is 0. The van der Waals surface area contributed by atoms with Crippen LogP contribution < -0.4 is 10.2 Å². The molecule has 1 aromatic carbocycles. The van der Waals surface area contributed by atoms with Crippen molar-refractivity contribution in [1.82, 2.24) is 5.32 Å². The highest BCUT2D eigenvalue weighted by Gasteiger charge is 2.25. The summed E-state index contributed by atoms with van der Waals surface area (Å²) < 4.78 is 5.87. The first-order chi connectivity index (χ1) is 8.86. The fourth-order valence-corrected chi connectivity index (χ4v) is 3.12. The van der Waals surface area contributed by atoms with E-state index in [2.05, 4.69) is 16.3 Å². The molecule has 0 spiro atoms. The summed E-state index contributed by atoms with van der Waals surface area (Å²) in [7, 11) is 0. The van der Waals surface area contributed by atoms with E-state index in [1.165, 1.54) is 18.5 Å². The van der Waals surface area contributed by atoms with Crippen molar-refractivity contribution in [2.45, 2.75) is 18.9 Å². The van der Waals surface area contributed by atoms with Gasteiger partial charge in [-0.2, -0.15) is 0 Å². The number of hydrogen-bond acceptors (Lipinski definition) is 3. The molecule has 0 bridgehead atoms. The third kappa shape index (κ3) is 2.35. The molecule has 2 aliphatic rings. The van der Waals surface area contributed by atoms with Gasteiger partial charge in [0.1, 0.15) is 0 Å². The van der Waals surface area contributed by atoms with Gasteiger partial charge in [-0.05, 0) is 25.0 Å². The van der Waals surface area contributed by atoms with Crippen molar-refractivity contribution in [3.05, 3.63) is 28.8 Å². The summed E-state index contributed by atoms with van der Waals surface area (Å²) >= 11 is 6.41. The molecule has 0 amide bonds. The highest BCUT2D eigenvalue weighted by Crippen LogP contribution is 2.36. The van der Waals surface area contributed by atoms with Crippen LogP contribution in [0.25, 0.3) is 0 Å². The predicted molar refractivity (Wildman–Crippen MR) is 74.5 cm³/mol. The van der Waals surface area contributed by atoms with Crippen LogP contribution in [0.5, 0.6) is 0 Å². The van der Waals surface area contributed by atoms with Crippen molar-refractivity contribution in [1.29, 1.82) is 0 Å². The van der Waals surface area contributed by atoms with Gasteiger partial charge in [0, 0.05) is 42.5 Å². The van der Waals surface area contributed by atoms with Gasteiger partial charge in [-0.15, -0.1) is 0 Å². The number of hydrogen-bond donors (Lipinski definition) is 1. The molecule has 3 nitrogen and oxygen atoms in total. The first-order valence-corrected chi connectivity index (χ1v) is 7.10. The maximum absolute atomic E-state index is 6.41. The maximum atomic E-state index is 6.41. The number of nitrogens with zero attached hydrogens (tertiary/aromatic N) is 1. The first kappa shape index (κ1) is 12.3. The third-order valence-electron chi connectivity index (χ3n) is 3.73. The fraction of sp³-hybridized carbons (Fsp3) is 0.571. The second-order valence-electron chi connectivity index (χ2n) is 4.93. The second kappa shape index (κ2) is 5.47. The Morgan fingerprint density at radius 2 is 2.11 bits per heavy atom. The van der Waals surface area contributed by atoms with Crippen LogP contribution in [-0.2, 0) is 4.74 Å². The van der Waals surface area contributed by atoms with Crippen LogP contribution in [0.4, 0.5) is 5.69 Å². The molecule has 0 saturated carbocycles. The SMILES string of the molecule is Clc1cccc(N2CCCC2)c1C1CNCCO1. The molecule has 1 aromatic rings. The summed E-state index contributed by atoms with van der Waals surface area (Å²) in [6.07, 6.45) is 2.63. The first-order valence-electron chi connectivity index (χ1n) is 6.72. The van der Waals surface area contributed by atoms with E-state index >= 15 is 0 Å². The number of ether oxygens (including phenoxy) is 1. The lowest BCUT2D eigenvalue weighted by Crippen LogP contribution is -2.34. The zero-order chi connectivity index (χ0) is 12.4. The molecule has 2 aliphatic heterocycles. The summed E-state index contributed by atoms with van der Waals surface area (Å²) in [5, 5.41) is 4.20. The molecule has 1 N–H and O–H groups in total. The molecule has 2 fully saturated rings. The van der Waals surface area contributed by atoms with Gasteiger partial charge in [0.05, 0.1) is 12.7 Å². The minimum Gasteiger partial charge on any atom is -0.371 e. The van der Waals surface area contributed by atoms with E-state index in [1.54, 1.807) is 0 Å². The molecule has 2 saturated heterocycles. The molecule has 1 atom stereocenters. The minimum atomic E-state index is 0.0862. The summed E-state index contributed by atoms with van der Waals surface area (Å²) in [5.41, 5.74) is 2.42. The van der Waals surface area contributed by atoms with Gasteiger partial charge in [0.25, 0.3) is 0 Å². The molecule has 0 radical (unpaired) electrons. The topological polar surface area (TPSA) is 24.5 Å². The highest BCUT2D eigenvalue weighted by atomic mass is 35.5.